The zero-order valence-corrected chi connectivity index (χ0v) is 24.6. The van der Waals surface area contributed by atoms with Crippen LogP contribution in [0.4, 0.5) is 5.13 Å². The average molecular weight is 602 g/mol. The molecule has 41 heavy (non-hydrogen) atoms. The van der Waals surface area contributed by atoms with Crippen LogP contribution in [0.25, 0.3) is 21.8 Å². The summed E-state index contributed by atoms with van der Waals surface area (Å²) >= 11 is 4.74. The molecule has 6 aromatic rings. The van der Waals surface area contributed by atoms with Gasteiger partial charge in [0.05, 0.1) is 13.0 Å². The molecule has 0 saturated carbocycles. The van der Waals surface area contributed by atoms with Crippen molar-refractivity contribution in [3.8, 4) is 0 Å². The lowest BCUT2D eigenvalue weighted by Crippen LogP contribution is -2.18. The number of nitrogens with zero attached hydrogens (tertiary/aromatic N) is 6. The van der Waals surface area contributed by atoms with E-state index in [4.69, 9.17) is 0 Å². The number of para-hydroxylation sites is 2. The van der Waals surface area contributed by atoms with Gasteiger partial charge in [0.25, 0.3) is 0 Å². The molecule has 9 nitrogen and oxygen atoms in total. The molecule has 1 amide bonds. The molecule has 0 spiro atoms. The molecular weight excluding hydrogens is 575 g/mol. The number of anilines is 1. The van der Waals surface area contributed by atoms with E-state index in [1.165, 1.54) is 22.7 Å². The zero-order chi connectivity index (χ0) is 28.0. The van der Waals surface area contributed by atoms with E-state index in [9.17, 15) is 9.59 Å². The molecule has 0 bridgehead atoms. The number of thioether (sulfide) groups is 1. The molecule has 12 heteroatoms. The van der Waals surface area contributed by atoms with Crippen molar-refractivity contribution < 1.29 is 9.59 Å². The van der Waals surface area contributed by atoms with Gasteiger partial charge in [0.1, 0.15) is 21.6 Å². The number of aromatic nitrogens is 6. The van der Waals surface area contributed by atoms with Crippen molar-refractivity contribution in [2.75, 3.05) is 16.8 Å². The maximum Gasteiger partial charge on any atom is 0.246 e. The number of amides is 1. The molecule has 0 aliphatic carbocycles. The molecule has 0 atom stereocenters. The fourth-order valence-electron chi connectivity index (χ4n) is 4.57. The maximum atomic E-state index is 12.6. The van der Waals surface area contributed by atoms with Crippen molar-refractivity contribution in [1.82, 2.24) is 29.5 Å². The fourth-order valence-corrected chi connectivity index (χ4v) is 7.34. The molecule has 0 saturated heterocycles. The Kier molecular flexibility index (Phi) is 8.49. The number of rotatable bonds is 13. The minimum Gasteiger partial charge on any atom is -0.340 e. The van der Waals surface area contributed by atoms with Gasteiger partial charge in [-0.15, -0.1) is 31.7 Å². The topological polar surface area (TPSA) is 108 Å². The van der Waals surface area contributed by atoms with Crippen LogP contribution in [0.5, 0.6) is 0 Å². The number of Topliss-reactive ketones (excluding diaryl/α,β-unsaturated/α-hetero) is 1. The van der Waals surface area contributed by atoms with Crippen LogP contribution < -0.4 is 5.32 Å². The Morgan fingerprint density at radius 1 is 0.707 bits per heavy atom. The fraction of sp³-hybridized carbons (Fsp3) is 0.241. The first kappa shape index (κ1) is 27.3. The second-order valence-electron chi connectivity index (χ2n) is 9.47. The summed E-state index contributed by atoms with van der Waals surface area (Å²) in [7, 11) is 0. The summed E-state index contributed by atoms with van der Waals surface area (Å²) in [5.74, 6) is 1.80. The van der Waals surface area contributed by atoms with Crippen LogP contribution in [-0.2, 0) is 41.9 Å². The summed E-state index contributed by atoms with van der Waals surface area (Å²) in [6.45, 7) is 0.559. The Morgan fingerprint density at radius 2 is 1.29 bits per heavy atom. The second-order valence-corrected chi connectivity index (χ2v) is 12.9. The predicted molar refractivity (Wildman–Crippen MR) is 166 cm³/mol. The van der Waals surface area contributed by atoms with Crippen LogP contribution in [0.3, 0.4) is 0 Å². The number of nitrogens with one attached hydrogen (secondary N) is 1. The Bertz CT molecular complexity index is 1670. The quantitative estimate of drug-likeness (QED) is 0.180. The minimum absolute atomic E-state index is 0.120. The summed E-state index contributed by atoms with van der Waals surface area (Å²) in [4.78, 5) is 25.1. The lowest BCUT2D eigenvalue weighted by Gasteiger charge is -2.04. The van der Waals surface area contributed by atoms with Crippen LogP contribution in [0, 0.1) is 0 Å². The van der Waals surface area contributed by atoms with Gasteiger partial charge in [0, 0.05) is 36.3 Å². The standard InChI is InChI=1S/C29H27N7O2S3/c37-22(18-35-13-9-20-5-1-3-7-23(20)35)17-28-33-31-26(40-28)11-15-39-16-12-27-32-34-29(41-27)30-25(38)19-36-14-10-21-6-2-4-8-24(21)36/h1-10,13-14H,11-12,15-19H2,(H,30,34,38). The van der Waals surface area contributed by atoms with Crippen molar-refractivity contribution in [2.45, 2.75) is 32.4 Å². The molecule has 6 rings (SSSR count). The first-order valence-corrected chi connectivity index (χ1v) is 16.0. The number of benzene rings is 2. The molecule has 0 aliphatic rings. The van der Waals surface area contributed by atoms with Crippen LogP contribution >= 0.6 is 34.4 Å². The number of ketones is 1. The van der Waals surface area contributed by atoms with Crippen LogP contribution in [0.2, 0.25) is 0 Å². The normalized spacial score (nSPS) is 11.4. The molecular formula is C29H27N7O2S3. The Hall–Kier alpha value is -3.87. The van der Waals surface area contributed by atoms with Crippen molar-refractivity contribution in [3.05, 3.63) is 88.1 Å². The molecule has 2 aromatic carbocycles. The minimum atomic E-state index is -0.125. The molecule has 4 heterocycles. The van der Waals surface area contributed by atoms with Crippen molar-refractivity contribution in [1.29, 1.82) is 0 Å². The zero-order valence-electron chi connectivity index (χ0n) is 22.1. The summed E-state index contributed by atoms with van der Waals surface area (Å²) in [6, 6.07) is 20.1. The Balaban J connectivity index is 0.895. The molecule has 0 aliphatic heterocycles. The van der Waals surface area contributed by atoms with Gasteiger partial charge < -0.3 is 9.13 Å². The van der Waals surface area contributed by atoms with Gasteiger partial charge in [-0.25, -0.2) is 0 Å². The van der Waals surface area contributed by atoms with Gasteiger partial charge in [0.15, 0.2) is 5.78 Å². The Morgan fingerprint density at radius 3 is 2.00 bits per heavy atom. The van der Waals surface area contributed by atoms with E-state index in [0.717, 1.165) is 61.2 Å². The molecule has 0 fully saturated rings. The SMILES string of the molecule is O=C(Cc1nnc(CCSCCc2nnc(NC(=O)Cn3ccc4ccccc43)s2)s1)Cn1ccc2ccccc21. The van der Waals surface area contributed by atoms with E-state index in [0.29, 0.717) is 18.1 Å². The van der Waals surface area contributed by atoms with E-state index in [1.54, 1.807) is 0 Å². The summed E-state index contributed by atoms with van der Waals surface area (Å²) in [5.41, 5.74) is 2.09. The van der Waals surface area contributed by atoms with Crippen molar-refractivity contribution in [3.63, 3.8) is 0 Å². The molecule has 208 valence electrons. The molecule has 4 aromatic heterocycles. The van der Waals surface area contributed by atoms with Gasteiger partial charge in [-0.05, 0) is 46.5 Å². The van der Waals surface area contributed by atoms with E-state index >= 15 is 0 Å². The number of carbonyl (C=O) groups excluding carboxylic acids is 2. The van der Waals surface area contributed by atoms with E-state index < -0.39 is 0 Å². The summed E-state index contributed by atoms with van der Waals surface area (Å²) in [5, 5.41) is 25.1. The van der Waals surface area contributed by atoms with Crippen molar-refractivity contribution in [2.24, 2.45) is 0 Å². The van der Waals surface area contributed by atoms with Gasteiger partial charge in [-0.3, -0.25) is 14.9 Å². The van der Waals surface area contributed by atoms with Gasteiger partial charge in [0.2, 0.25) is 11.0 Å². The third kappa shape index (κ3) is 6.89. The third-order valence-corrected chi connectivity index (χ3v) is 9.38. The molecule has 0 radical (unpaired) electrons. The number of fused-ring (bicyclic) bond motifs is 2. The highest BCUT2D eigenvalue weighted by Crippen LogP contribution is 2.20. The van der Waals surface area contributed by atoms with E-state index in [1.807, 2.05) is 94.0 Å². The number of aryl methyl sites for hydroxylation is 2. The smallest absolute Gasteiger partial charge is 0.246 e. The number of hydrogen-bond acceptors (Lipinski definition) is 9. The monoisotopic (exact) mass is 601 g/mol. The lowest BCUT2D eigenvalue weighted by molar-refractivity contribution is -0.119. The van der Waals surface area contributed by atoms with Gasteiger partial charge in [-0.1, -0.05) is 47.7 Å². The highest BCUT2D eigenvalue weighted by molar-refractivity contribution is 7.99. The average Bonchev–Trinajstić information content (AvgIpc) is 3.78. The first-order valence-electron chi connectivity index (χ1n) is 13.2. The molecule has 0 unspecified atom stereocenters. The van der Waals surface area contributed by atoms with Crippen LogP contribution in [0.15, 0.2) is 73.1 Å². The lowest BCUT2D eigenvalue weighted by atomic mass is 10.2. The highest BCUT2D eigenvalue weighted by atomic mass is 32.2. The third-order valence-electron chi connectivity index (χ3n) is 6.51. The maximum absolute atomic E-state index is 12.6. The highest BCUT2D eigenvalue weighted by Gasteiger charge is 2.13. The Labute approximate surface area is 248 Å². The number of carbonyl (C=O) groups is 2. The van der Waals surface area contributed by atoms with E-state index in [2.05, 4.69) is 25.7 Å². The number of hydrogen-bond donors (Lipinski definition) is 1. The molecule has 1 N–H and O–H groups in total. The largest absolute Gasteiger partial charge is 0.340 e. The van der Waals surface area contributed by atoms with Crippen molar-refractivity contribution >= 4 is 73.1 Å². The van der Waals surface area contributed by atoms with E-state index in [-0.39, 0.29) is 18.2 Å². The predicted octanol–water partition coefficient (Wildman–Crippen LogP) is 5.27. The van der Waals surface area contributed by atoms with Gasteiger partial charge >= 0.3 is 0 Å². The summed E-state index contributed by atoms with van der Waals surface area (Å²) in [6.07, 6.45) is 5.77. The van der Waals surface area contributed by atoms with Crippen LogP contribution in [-0.4, -0.2) is 52.7 Å². The van der Waals surface area contributed by atoms with Crippen LogP contribution in [0.1, 0.15) is 15.0 Å². The second kappa shape index (κ2) is 12.8. The first-order chi connectivity index (χ1) is 20.1. The summed E-state index contributed by atoms with van der Waals surface area (Å²) < 4.78 is 3.91. The van der Waals surface area contributed by atoms with Gasteiger partial charge in [-0.2, -0.15) is 11.8 Å².